The summed E-state index contributed by atoms with van der Waals surface area (Å²) >= 11 is 0. The smallest absolute Gasteiger partial charge is 0.211 e. The van der Waals surface area contributed by atoms with Crippen LogP contribution in [0, 0.1) is 0 Å². The van der Waals surface area contributed by atoms with Crippen molar-refractivity contribution < 1.29 is 13.2 Å². The summed E-state index contributed by atoms with van der Waals surface area (Å²) in [5, 5.41) is 0. The largest absolute Gasteiger partial charge is 0.490 e. The third kappa shape index (κ3) is 6.08. The number of ether oxygens (including phenoxy) is 1. The fraction of sp³-hybridized carbons (Fsp3) is 0.688. The average Bonchev–Trinajstić information content (AvgIpc) is 2.54. The van der Waals surface area contributed by atoms with E-state index in [9.17, 15) is 8.42 Å². The van der Waals surface area contributed by atoms with E-state index in [2.05, 4.69) is 21.5 Å². The molecule has 0 saturated carbocycles. The van der Waals surface area contributed by atoms with Gasteiger partial charge in [-0.05, 0) is 38.3 Å². The van der Waals surface area contributed by atoms with E-state index in [4.69, 9.17) is 4.74 Å². The molecule has 6 nitrogen and oxygen atoms in total. The number of nitrogens with one attached hydrogen (secondary N) is 1. The van der Waals surface area contributed by atoms with E-state index >= 15 is 0 Å². The molecule has 1 aromatic heterocycles. The molecule has 0 aromatic carbocycles. The molecule has 0 spiro atoms. The first-order chi connectivity index (χ1) is 11.0. The Balaban J connectivity index is 1.73. The SMILES string of the molecule is CCCS(=O)(=O)NC[C@H](C)N1CCC(Oc2ccncc2)CC1. The van der Waals surface area contributed by atoms with Crippen molar-refractivity contribution in [2.75, 3.05) is 25.4 Å². The summed E-state index contributed by atoms with van der Waals surface area (Å²) in [7, 11) is -3.12. The van der Waals surface area contributed by atoms with E-state index in [1.54, 1.807) is 12.4 Å². The van der Waals surface area contributed by atoms with Crippen LogP contribution in [0.4, 0.5) is 0 Å². The van der Waals surface area contributed by atoms with Crippen molar-refractivity contribution in [3.05, 3.63) is 24.5 Å². The van der Waals surface area contributed by atoms with Gasteiger partial charge in [0.1, 0.15) is 11.9 Å². The summed E-state index contributed by atoms with van der Waals surface area (Å²) in [6.07, 6.45) is 6.23. The van der Waals surface area contributed by atoms with E-state index in [0.717, 1.165) is 31.7 Å². The van der Waals surface area contributed by atoms with Crippen LogP contribution >= 0.6 is 0 Å². The molecule has 0 radical (unpaired) electrons. The molecule has 1 fully saturated rings. The van der Waals surface area contributed by atoms with Gasteiger partial charge in [0.2, 0.25) is 10.0 Å². The van der Waals surface area contributed by atoms with Crippen LogP contribution in [0.5, 0.6) is 5.75 Å². The molecule has 1 saturated heterocycles. The summed E-state index contributed by atoms with van der Waals surface area (Å²) in [4.78, 5) is 6.30. The molecule has 7 heteroatoms. The van der Waals surface area contributed by atoms with Crippen LogP contribution in [-0.4, -0.2) is 55.8 Å². The first-order valence-electron chi connectivity index (χ1n) is 8.28. The fourth-order valence-corrected chi connectivity index (χ4v) is 3.94. The predicted molar refractivity (Wildman–Crippen MR) is 91.0 cm³/mol. The zero-order valence-electron chi connectivity index (χ0n) is 13.9. The minimum Gasteiger partial charge on any atom is -0.490 e. The highest BCUT2D eigenvalue weighted by Gasteiger charge is 2.24. The van der Waals surface area contributed by atoms with Crippen LogP contribution in [0.3, 0.4) is 0 Å². The molecule has 2 rings (SSSR count). The van der Waals surface area contributed by atoms with Gasteiger partial charge in [-0.25, -0.2) is 13.1 Å². The second-order valence-corrected chi connectivity index (χ2v) is 7.98. The number of rotatable bonds is 8. The lowest BCUT2D eigenvalue weighted by Gasteiger charge is -2.36. The molecule has 1 aliphatic heterocycles. The van der Waals surface area contributed by atoms with Crippen LogP contribution in [0.15, 0.2) is 24.5 Å². The van der Waals surface area contributed by atoms with Crippen molar-refractivity contribution in [3.8, 4) is 5.75 Å². The lowest BCUT2D eigenvalue weighted by molar-refractivity contribution is 0.0809. The molecule has 0 amide bonds. The van der Waals surface area contributed by atoms with Gasteiger partial charge in [-0.3, -0.25) is 9.88 Å². The van der Waals surface area contributed by atoms with E-state index < -0.39 is 10.0 Å². The van der Waals surface area contributed by atoms with Crippen LogP contribution in [0.1, 0.15) is 33.1 Å². The Bertz CT molecular complexity index is 557. The van der Waals surface area contributed by atoms with Gasteiger partial charge in [0.05, 0.1) is 5.75 Å². The van der Waals surface area contributed by atoms with Crippen LogP contribution in [-0.2, 0) is 10.0 Å². The summed E-state index contributed by atoms with van der Waals surface area (Å²) in [6, 6.07) is 3.94. The van der Waals surface area contributed by atoms with Gasteiger partial charge >= 0.3 is 0 Å². The molecule has 2 heterocycles. The Morgan fingerprint density at radius 2 is 2.00 bits per heavy atom. The highest BCUT2D eigenvalue weighted by atomic mass is 32.2. The number of aromatic nitrogens is 1. The Kier molecular flexibility index (Phi) is 6.80. The van der Waals surface area contributed by atoms with Crippen LogP contribution in [0.2, 0.25) is 0 Å². The Morgan fingerprint density at radius 3 is 2.61 bits per heavy atom. The number of nitrogens with zero attached hydrogens (tertiary/aromatic N) is 2. The molecule has 23 heavy (non-hydrogen) atoms. The third-order valence-electron chi connectivity index (χ3n) is 4.12. The monoisotopic (exact) mass is 341 g/mol. The second kappa shape index (κ2) is 8.61. The minimum atomic E-state index is -3.12. The van der Waals surface area contributed by atoms with Crippen molar-refractivity contribution >= 4 is 10.0 Å². The van der Waals surface area contributed by atoms with Crippen molar-refractivity contribution in [1.82, 2.24) is 14.6 Å². The first kappa shape index (κ1) is 18.2. The van der Waals surface area contributed by atoms with Gasteiger partial charge < -0.3 is 4.74 Å². The highest BCUT2D eigenvalue weighted by Crippen LogP contribution is 2.19. The Morgan fingerprint density at radius 1 is 1.35 bits per heavy atom. The molecule has 0 aliphatic carbocycles. The van der Waals surface area contributed by atoms with Gasteiger partial charge in [-0.15, -0.1) is 0 Å². The van der Waals surface area contributed by atoms with Crippen molar-refractivity contribution in [2.24, 2.45) is 0 Å². The molecule has 1 N–H and O–H groups in total. The Labute approximate surface area is 139 Å². The molecule has 0 bridgehead atoms. The van der Waals surface area contributed by atoms with Gasteiger partial charge in [0, 0.05) is 38.1 Å². The number of pyridine rings is 1. The number of piperidine rings is 1. The molecule has 1 aromatic rings. The number of hydrogen-bond donors (Lipinski definition) is 1. The quantitative estimate of drug-likeness (QED) is 0.778. The third-order valence-corrected chi connectivity index (χ3v) is 5.68. The zero-order valence-corrected chi connectivity index (χ0v) is 14.8. The van der Waals surface area contributed by atoms with E-state index in [-0.39, 0.29) is 17.9 Å². The minimum absolute atomic E-state index is 0.196. The summed E-state index contributed by atoms with van der Waals surface area (Å²) in [6.45, 7) is 6.26. The summed E-state index contributed by atoms with van der Waals surface area (Å²) in [5.41, 5.74) is 0. The average molecular weight is 341 g/mol. The lowest BCUT2D eigenvalue weighted by Crippen LogP contribution is -2.47. The standard InChI is InChI=1S/C16H27N3O3S/c1-3-12-23(20,21)18-13-14(2)19-10-6-16(7-11-19)22-15-4-8-17-9-5-15/h4-5,8-9,14,16,18H,3,6-7,10-13H2,1-2H3/t14-/m0/s1. The van der Waals surface area contributed by atoms with E-state index in [1.165, 1.54) is 0 Å². The predicted octanol–water partition coefficient (Wildman–Crippen LogP) is 1.64. The summed E-state index contributed by atoms with van der Waals surface area (Å²) < 4.78 is 32.1. The van der Waals surface area contributed by atoms with Crippen LogP contribution < -0.4 is 9.46 Å². The number of sulfonamides is 1. The molecule has 1 atom stereocenters. The van der Waals surface area contributed by atoms with Crippen LogP contribution in [0.25, 0.3) is 0 Å². The maximum absolute atomic E-state index is 11.7. The van der Waals surface area contributed by atoms with Crippen molar-refractivity contribution in [3.63, 3.8) is 0 Å². The van der Waals surface area contributed by atoms with Crippen molar-refractivity contribution in [1.29, 1.82) is 0 Å². The topological polar surface area (TPSA) is 71.5 Å². The Hall–Kier alpha value is -1.18. The normalized spacial score (nSPS) is 18.7. The maximum atomic E-state index is 11.7. The molecule has 0 unspecified atom stereocenters. The fourth-order valence-electron chi connectivity index (χ4n) is 2.76. The van der Waals surface area contributed by atoms with Crippen molar-refractivity contribution in [2.45, 2.75) is 45.3 Å². The molecule has 1 aliphatic rings. The van der Waals surface area contributed by atoms with E-state index in [1.807, 2.05) is 19.1 Å². The number of likely N-dealkylation sites (tertiary alicyclic amines) is 1. The van der Waals surface area contributed by atoms with Gasteiger partial charge in [-0.1, -0.05) is 6.92 Å². The second-order valence-electron chi connectivity index (χ2n) is 6.05. The molecular formula is C16H27N3O3S. The lowest BCUT2D eigenvalue weighted by atomic mass is 10.1. The highest BCUT2D eigenvalue weighted by molar-refractivity contribution is 7.89. The van der Waals surface area contributed by atoms with E-state index in [0.29, 0.717) is 13.0 Å². The first-order valence-corrected chi connectivity index (χ1v) is 9.93. The van der Waals surface area contributed by atoms with Gasteiger partial charge in [0.25, 0.3) is 0 Å². The maximum Gasteiger partial charge on any atom is 0.211 e. The molecule has 130 valence electrons. The van der Waals surface area contributed by atoms with Gasteiger partial charge in [-0.2, -0.15) is 0 Å². The molecular weight excluding hydrogens is 314 g/mol. The zero-order chi connectivity index (χ0) is 16.7. The van der Waals surface area contributed by atoms with Gasteiger partial charge in [0.15, 0.2) is 0 Å². The summed E-state index contributed by atoms with van der Waals surface area (Å²) in [5.74, 6) is 1.06. The number of hydrogen-bond acceptors (Lipinski definition) is 5.